The normalized spacial score (nSPS) is 13.9. The van der Waals surface area contributed by atoms with Crippen LogP contribution in [0.3, 0.4) is 0 Å². The molecule has 7 nitrogen and oxygen atoms in total. The van der Waals surface area contributed by atoms with Gasteiger partial charge in [-0.05, 0) is 52.0 Å². The van der Waals surface area contributed by atoms with E-state index in [4.69, 9.17) is 9.71 Å². The highest BCUT2D eigenvalue weighted by atomic mass is 32.2. The molecule has 0 aliphatic carbocycles. The summed E-state index contributed by atoms with van der Waals surface area (Å²) in [7, 11) is -4.17. The molecule has 2 aromatic carbocycles. The molecule has 0 aliphatic rings. The predicted molar refractivity (Wildman–Crippen MR) is 131 cm³/mol. The van der Waals surface area contributed by atoms with Crippen molar-refractivity contribution >= 4 is 10.1 Å². The van der Waals surface area contributed by atoms with Gasteiger partial charge in [-0.2, -0.15) is 8.42 Å². The van der Waals surface area contributed by atoms with E-state index < -0.39 is 28.9 Å². The highest BCUT2D eigenvalue weighted by molar-refractivity contribution is 7.86. The first kappa shape index (κ1) is 26.9. The summed E-state index contributed by atoms with van der Waals surface area (Å²) in [6, 6.07) is 12.3. The third-order valence-electron chi connectivity index (χ3n) is 5.66. The number of nitrogens with zero attached hydrogens (tertiary/aromatic N) is 3. The van der Waals surface area contributed by atoms with Gasteiger partial charge in [0.05, 0.1) is 18.8 Å². The Labute approximate surface area is 197 Å². The van der Waals surface area contributed by atoms with E-state index in [9.17, 15) is 13.5 Å². The van der Waals surface area contributed by atoms with Crippen molar-refractivity contribution in [1.29, 1.82) is 0 Å². The number of rotatable bonds is 11. The average Bonchev–Trinajstić information content (AvgIpc) is 2.76. The molecule has 0 fully saturated rings. The molecule has 0 unspecified atom stereocenters. The summed E-state index contributed by atoms with van der Waals surface area (Å²) in [5, 5.41) is 14.3. The van der Waals surface area contributed by atoms with Gasteiger partial charge in [0.15, 0.2) is 0 Å². The van der Waals surface area contributed by atoms with Crippen LogP contribution in [-0.4, -0.2) is 32.3 Å². The smallest absolute Gasteiger partial charge is 0.297 e. The van der Waals surface area contributed by atoms with E-state index in [1.807, 2.05) is 70.2 Å². The molecular formula is C25H35N3O4S. The van der Waals surface area contributed by atoms with Gasteiger partial charge >= 0.3 is 0 Å². The molecule has 1 N–H and O–H groups in total. The SMILES string of the molecule is CC(C)c1cc(C(C)C)c(S(=O)(=O)OC[C@@H](O)[C@H](Cc2ccccc2)N=[N+]=[N-])c(C(C)C)c1. The van der Waals surface area contributed by atoms with Crippen LogP contribution in [-0.2, 0) is 20.7 Å². The van der Waals surface area contributed by atoms with Gasteiger partial charge in [-0.3, -0.25) is 4.18 Å². The zero-order chi connectivity index (χ0) is 24.8. The lowest BCUT2D eigenvalue weighted by atomic mass is 9.89. The molecule has 0 aliphatic heterocycles. The minimum absolute atomic E-state index is 0.0338. The van der Waals surface area contributed by atoms with Gasteiger partial charge < -0.3 is 5.11 Å². The molecule has 0 spiro atoms. The van der Waals surface area contributed by atoms with Gasteiger partial charge in [0.1, 0.15) is 4.90 Å². The van der Waals surface area contributed by atoms with Crippen molar-refractivity contribution in [2.75, 3.05) is 6.61 Å². The van der Waals surface area contributed by atoms with Crippen molar-refractivity contribution in [2.45, 2.75) is 82.8 Å². The fourth-order valence-corrected chi connectivity index (χ4v) is 5.29. The second-order valence-electron chi connectivity index (χ2n) is 9.26. The molecule has 0 aromatic heterocycles. The van der Waals surface area contributed by atoms with Gasteiger partial charge in [-0.25, -0.2) is 0 Å². The molecule has 0 bridgehead atoms. The Kier molecular flexibility index (Phi) is 9.49. The van der Waals surface area contributed by atoms with Crippen LogP contribution in [0.1, 0.15) is 81.5 Å². The molecule has 0 saturated carbocycles. The number of aliphatic hydroxyl groups is 1. The maximum atomic E-state index is 13.4. The Hall–Kier alpha value is -2.38. The highest BCUT2D eigenvalue weighted by Crippen LogP contribution is 2.36. The zero-order valence-corrected chi connectivity index (χ0v) is 21.1. The predicted octanol–water partition coefficient (Wildman–Crippen LogP) is 6.04. The van der Waals surface area contributed by atoms with Crippen LogP contribution in [0.15, 0.2) is 52.5 Å². The number of aliphatic hydroxyl groups excluding tert-OH is 1. The van der Waals surface area contributed by atoms with E-state index >= 15 is 0 Å². The summed E-state index contributed by atoms with van der Waals surface area (Å²) in [5.41, 5.74) is 12.3. The molecule has 33 heavy (non-hydrogen) atoms. The lowest BCUT2D eigenvalue weighted by Crippen LogP contribution is -2.32. The quantitative estimate of drug-likeness (QED) is 0.185. The van der Waals surface area contributed by atoms with Crippen molar-refractivity contribution in [2.24, 2.45) is 5.11 Å². The number of azide groups is 1. The average molecular weight is 474 g/mol. The first-order chi connectivity index (χ1) is 15.5. The maximum Gasteiger partial charge on any atom is 0.297 e. The van der Waals surface area contributed by atoms with Crippen LogP contribution in [0.25, 0.3) is 10.4 Å². The Balaban J connectivity index is 2.36. The van der Waals surface area contributed by atoms with E-state index in [1.54, 1.807) is 0 Å². The molecule has 180 valence electrons. The monoisotopic (exact) mass is 473 g/mol. The lowest BCUT2D eigenvalue weighted by molar-refractivity contribution is 0.0879. The summed E-state index contributed by atoms with van der Waals surface area (Å²) in [4.78, 5) is 2.99. The summed E-state index contributed by atoms with van der Waals surface area (Å²) in [5.74, 6) is 0.184. The van der Waals surface area contributed by atoms with Crippen molar-refractivity contribution < 1.29 is 17.7 Å². The van der Waals surface area contributed by atoms with E-state index in [1.165, 1.54) is 0 Å². The summed E-state index contributed by atoms with van der Waals surface area (Å²) >= 11 is 0. The van der Waals surface area contributed by atoms with Crippen LogP contribution in [0.4, 0.5) is 0 Å². The minimum Gasteiger partial charge on any atom is -0.390 e. The minimum atomic E-state index is -4.17. The molecule has 8 heteroatoms. The van der Waals surface area contributed by atoms with Crippen LogP contribution in [0.5, 0.6) is 0 Å². The lowest BCUT2D eigenvalue weighted by Gasteiger charge is -2.23. The Bertz CT molecular complexity index is 1050. The Morgan fingerprint density at radius 3 is 1.97 bits per heavy atom. The van der Waals surface area contributed by atoms with Crippen molar-refractivity contribution in [1.82, 2.24) is 0 Å². The van der Waals surface area contributed by atoms with Gasteiger partial charge in [0, 0.05) is 4.91 Å². The second kappa shape index (κ2) is 11.7. The zero-order valence-electron chi connectivity index (χ0n) is 20.3. The van der Waals surface area contributed by atoms with E-state index in [0.717, 1.165) is 11.1 Å². The first-order valence-corrected chi connectivity index (χ1v) is 12.7. The second-order valence-corrected chi connectivity index (χ2v) is 10.8. The topological polar surface area (TPSA) is 112 Å². The molecular weight excluding hydrogens is 438 g/mol. The molecule has 0 saturated heterocycles. The van der Waals surface area contributed by atoms with Gasteiger partial charge in [-0.1, -0.05) is 89.1 Å². The molecule has 2 rings (SSSR count). The van der Waals surface area contributed by atoms with Crippen molar-refractivity contribution in [3.8, 4) is 0 Å². The standard InChI is InChI=1S/C25H35N3O4S/c1-16(2)20-13-21(17(3)4)25(22(14-20)18(5)6)33(30,31)32-15-24(29)23(27-28-26)12-19-10-8-7-9-11-19/h7-11,13-14,16-18,23-24,29H,12,15H2,1-6H3/t23-,24+/m0/s1. The summed E-state index contributed by atoms with van der Waals surface area (Å²) in [6.07, 6.45) is -1.01. The van der Waals surface area contributed by atoms with Crippen LogP contribution in [0, 0.1) is 0 Å². The largest absolute Gasteiger partial charge is 0.390 e. The fourth-order valence-electron chi connectivity index (χ4n) is 3.68. The maximum absolute atomic E-state index is 13.4. The third-order valence-corrected chi connectivity index (χ3v) is 7.07. The van der Waals surface area contributed by atoms with Crippen molar-refractivity contribution in [3.05, 3.63) is 75.2 Å². The molecule has 0 heterocycles. The van der Waals surface area contributed by atoms with E-state index in [-0.39, 0.29) is 29.1 Å². The molecule has 2 atom stereocenters. The van der Waals surface area contributed by atoms with Gasteiger partial charge in [-0.15, -0.1) is 0 Å². The summed E-state index contributed by atoms with van der Waals surface area (Å²) < 4.78 is 32.1. The number of hydrogen-bond donors (Lipinski definition) is 1. The number of benzene rings is 2. The van der Waals surface area contributed by atoms with Crippen molar-refractivity contribution in [3.63, 3.8) is 0 Å². The molecule has 2 aromatic rings. The van der Waals surface area contributed by atoms with Crippen LogP contribution >= 0.6 is 0 Å². The fraction of sp³-hybridized carbons (Fsp3) is 0.520. The Morgan fingerprint density at radius 2 is 1.52 bits per heavy atom. The molecule has 0 radical (unpaired) electrons. The first-order valence-electron chi connectivity index (χ1n) is 11.3. The molecule has 0 amide bonds. The summed E-state index contributed by atoms with van der Waals surface area (Å²) in [6.45, 7) is 11.5. The number of hydrogen-bond acceptors (Lipinski definition) is 5. The van der Waals surface area contributed by atoms with Crippen LogP contribution < -0.4 is 0 Å². The highest BCUT2D eigenvalue weighted by Gasteiger charge is 2.29. The van der Waals surface area contributed by atoms with E-state index in [0.29, 0.717) is 11.1 Å². The van der Waals surface area contributed by atoms with Crippen LogP contribution in [0.2, 0.25) is 0 Å². The Morgan fingerprint density at radius 1 is 0.970 bits per heavy atom. The van der Waals surface area contributed by atoms with Gasteiger partial charge in [0.25, 0.3) is 10.1 Å². The van der Waals surface area contributed by atoms with Gasteiger partial charge in [0.2, 0.25) is 0 Å². The van der Waals surface area contributed by atoms with E-state index in [2.05, 4.69) is 23.9 Å². The third kappa shape index (κ3) is 7.05.